The Morgan fingerprint density at radius 3 is 0.915 bits per heavy atom. The molecular weight excluding hydrogens is 1910 g/mol. The number of nitrogens with two attached hydrogens (primary N) is 1. The van der Waals surface area contributed by atoms with E-state index >= 15 is 0 Å². The second-order valence-corrected chi connectivity index (χ2v) is 32.6. The van der Waals surface area contributed by atoms with Gasteiger partial charge < -0.3 is 87.2 Å². The number of pyridine rings is 5. The molecular formula is C93H117ClCs2N20O13. The number of aromatic nitrogens is 10. The number of rotatable bonds is 26. The average Bonchev–Trinajstić information content (AvgIpc) is 1.67. The number of nitrogens with one attached hydrogen (secondary N) is 9. The predicted octanol–water partition coefficient (Wildman–Crippen LogP) is 11.6. The Balaban J connectivity index is 0.000000241. The second-order valence-electron chi connectivity index (χ2n) is 32.3. The van der Waals surface area contributed by atoms with E-state index in [2.05, 4.69) is 106 Å². The predicted molar refractivity (Wildman–Crippen MR) is 481 cm³/mol. The van der Waals surface area contributed by atoms with Crippen LogP contribution in [-0.4, -0.2) is 151 Å². The average molecular weight is 2020 g/mol. The summed E-state index contributed by atoms with van der Waals surface area (Å²) in [5.41, 5.74) is 14.8. The molecule has 5 fully saturated rings. The van der Waals surface area contributed by atoms with E-state index < -0.39 is 5.97 Å². The van der Waals surface area contributed by atoms with Crippen LogP contribution in [0.1, 0.15) is 260 Å². The molecule has 0 aromatic carbocycles. The number of fused-ring (bicyclic) bond motifs is 5. The van der Waals surface area contributed by atoms with Gasteiger partial charge in [-0.1, -0.05) is 75.8 Å². The first-order chi connectivity index (χ1) is 61.9. The zero-order valence-electron chi connectivity index (χ0n) is 75.9. The molecule has 10 aromatic heterocycles. The first-order valence-electron chi connectivity index (χ1n) is 43.8. The molecule has 5 aliphatic carbocycles. The number of H-pyrrole nitrogens is 5. The zero-order chi connectivity index (χ0) is 90.8. The van der Waals surface area contributed by atoms with Crippen LogP contribution in [-0.2, 0) is 33.4 Å². The number of ether oxygens (including phenoxy) is 5. The summed E-state index contributed by atoms with van der Waals surface area (Å²) in [4.78, 5) is 108. The molecule has 0 spiro atoms. The number of nitrogens with zero attached hydrogens (tertiary/aromatic N) is 10. The molecule has 676 valence electrons. The number of nitriles is 5. The van der Waals surface area contributed by atoms with Crippen LogP contribution in [0.3, 0.4) is 0 Å². The minimum absolute atomic E-state index is 0. The molecule has 5 aliphatic rings. The molecule has 0 bridgehead atoms. The van der Waals surface area contributed by atoms with E-state index in [-0.39, 0.29) is 170 Å². The van der Waals surface area contributed by atoms with Gasteiger partial charge in [-0.3, -0.25) is 4.79 Å². The van der Waals surface area contributed by atoms with Crippen LogP contribution in [0.4, 0.5) is 22.7 Å². The third-order valence-corrected chi connectivity index (χ3v) is 24.2. The summed E-state index contributed by atoms with van der Waals surface area (Å²) in [6.45, 7) is 4.02. The number of methoxy groups -OCH3 is 3. The molecule has 129 heavy (non-hydrogen) atoms. The van der Waals surface area contributed by atoms with Gasteiger partial charge in [-0.05, 0) is 170 Å². The molecule has 10 atom stereocenters. The number of hydrogen-bond donors (Lipinski definition) is 10. The Morgan fingerprint density at radius 1 is 0.419 bits per heavy atom. The molecule has 0 radical (unpaired) electrons. The van der Waals surface area contributed by atoms with Crippen molar-refractivity contribution in [2.24, 2.45) is 35.3 Å². The maximum Gasteiger partial charge on any atom is 1.00 e. The van der Waals surface area contributed by atoms with Gasteiger partial charge in [0.2, 0.25) is 0 Å². The van der Waals surface area contributed by atoms with Gasteiger partial charge in [-0.25, -0.2) is 48.9 Å². The standard InChI is InChI=1S/C19H24N4O2.3C18H22N4O2.C10H9ClN2O2.C9H16N2.CH2O3.2Cs.H/c1-2-25-19(24)16-12-22-18-15(8-10-21-18)17(16)23-14-7-3-5-13(11-14)6-4-9-20;3*1-24-18(23)15-11-21-17-14(7-9-20-17)16(15)22-13-6-2-4-12(10-13)5-3-8-19;1-2-15-10(14)7-5-13-9-6(8(7)11)3-4-12-9;10-6-2-4-8-3-1-5-9(11)7-8;2-1-4-3;;;/h8,10,12-14H,2-7,11H2,1H3,(H2,21,22,23);3*7,9,11-13H,2-6,10H2,1H3,(H2,20,21,22);3-5H,2H2,1H3,(H,12,13);8-9H,1-5,7,11H2;1,3H;;;/q;;;;;;;2*+1;-1/p-1/t;12-,13+;12-,13-;;;;;;;/m.11......./s1. The Kier molecular flexibility index (Phi) is 48.4. The number of hydrogen-bond acceptors (Lipinski definition) is 28. The fourth-order valence-electron chi connectivity index (χ4n) is 17.6. The van der Waals surface area contributed by atoms with Gasteiger partial charge in [0.05, 0.1) is 98.2 Å². The van der Waals surface area contributed by atoms with E-state index in [0.717, 1.165) is 194 Å². The van der Waals surface area contributed by atoms with Gasteiger partial charge >= 0.3 is 168 Å². The van der Waals surface area contributed by atoms with Crippen LogP contribution in [0.2, 0.25) is 5.02 Å². The molecule has 10 heterocycles. The Labute approximate surface area is 876 Å². The largest absolute Gasteiger partial charge is 1.00 e. The van der Waals surface area contributed by atoms with E-state index in [1.54, 1.807) is 50.9 Å². The summed E-state index contributed by atoms with van der Waals surface area (Å²) in [5.74, 6) is 1.07. The van der Waals surface area contributed by atoms with Crippen molar-refractivity contribution in [1.29, 1.82) is 26.3 Å². The number of anilines is 4. The zero-order valence-corrected chi connectivity index (χ0v) is 88.2. The van der Waals surface area contributed by atoms with Crippen molar-refractivity contribution in [1.82, 2.24) is 49.8 Å². The van der Waals surface area contributed by atoms with E-state index in [1.807, 2.05) is 49.1 Å². The minimum Gasteiger partial charge on any atom is -1.00 e. The third-order valence-electron chi connectivity index (χ3n) is 23.8. The van der Waals surface area contributed by atoms with Crippen molar-refractivity contribution in [3.63, 3.8) is 0 Å². The number of carbonyl (C=O) groups is 6. The van der Waals surface area contributed by atoms with Gasteiger partial charge in [-0.2, -0.15) is 26.3 Å². The van der Waals surface area contributed by atoms with E-state index in [9.17, 15) is 24.0 Å². The minimum atomic E-state index is -0.446. The molecule has 6 unspecified atom stereocenters. The fourth-order valence-corrected chi connectivity index (χ4v) is 17.9. The van der Waals surface area contributed by atoms with Gasteiger partial charge in [-0.15, -0.1) is 0 Å². The quantitative estimate of drug-likeness (QED) is 0.00791. The SMILES string of the molecule is CCOC(=O)c1cnc2[nH]ccc2c1Cl.CCOC(=O)c1cnc2[nH]ccc2c1NC1CCCC(CCC#N)C1.COC(=O)c1cnc2[nH]ccc2c1NC1CCCC(CCC#N)C1.COC(=O)c1cnc2[nH]ccc2c1N[C@@H]1CCC[C@H](CCC#N)C1.COC(=O)c1cnc2[nH]ccc2c1N[C@H]1CCC[C@H](CCC#N)C1.N#CCCC1CCCC(N)C1.O=CO[O-].[Cs+].[Cs+].[H-]. The first kappa shape index (κ1) is 107. The number of carbonyl (C=O) groups excluding carboxylic acids is 6. The van der Waals surface area contributed by atoms with Crippen LogP contribution >= 0.6 is 11.6 Å². The molecule has 0 aliphatic heterocycles. The van der Waals surface area contributed by atoms with Crippen molar-refractivity contribution in [2.75, 3.05) is 55.8 Å². The van der Waals surface area contributed by atoms with E-state index in [0.29, 0.717) is 138 Å². The topological polar surface area (TPSA) is 517 Å². The Bertz CT molecular complexity index is 5150. The number of esters is 5. The number of aromatic amines is 5. The van der Waals surface area contributed by atoms with Crippen molar-refractivity contribution in [3.05, 3.63) is 125 Å². The van der Waals surface area contributed by atoms with Gasteiger partial charge in [0.25, 0.3) is 6.47 Å². The molecule has 15 rings (SSSR count). The summed E-state index contributed by atoms with van der Waals surface area (Å²) < 4.78 is 24.8. The molecule has 5 saturated carbocycles. The van der Waals surface area contributed by atoms with Crippen LogP contribution in [0.25, 0.3) is 55.2 Å². The molecule has 10 aromatic rings. The fraction of sp³-hybridized carbons (Fsp3) is 0.505. The maximum atomic E-state index is 12.3. The van der Waals surface area contributed by atoms with Gasteiger partial charge in [0.1, 0.15) is 50.5 Å². The molecule has 11 N–H and O–H groups in total. The summed E-state index contributed by atoms with van der Waals surface area (Å²) in [6.07, 6.45) is 47.2. The third kappa shape index (κ3) is 32.3. The van der Waals surface area contributed by atoms with Crippen molar-refractivity contribution in [3.8, 4) is 30.3 Å². The van der Waals surface area contributed by atoms with Gasteiger partial charge in [0, 0.05) is 151 Å². The van der Waals surface area contributed by atoms with Crippen molar-refractivity contribution < 1.29 is 202 Å². The van der Waals surface area contributed by atoms with Gasteiger partial charge in [0.15, 0.2) is 0 Å². The molecule has 0 amide bonds. The number of halogens is 1. The smallest absolute Gasteiger partial charge is 1.00 e. The maximum absolute atomic E-state index is 12.3. The van der Waals surface area contributed by atoms with Crippen LogP contribution < -0.4 is 170 Å². The molecule has 0 saturated heterocycles. The normalized spacial score (nSPS) is 19.4. The summed E-state index contributed by atoms with van der Waals surface area (Å²) in [7, 11) is 4.14. The van der Waals surface area contributed by atoms with Crippen LogP contribution in [0, 0.1) is 86.2 Å². The summed E-state index contributed by atoms with van der Waals surface area (Å²) >= 11 is 6.05. The summed E-state index contributed by atoms with van der Waals surface area (Å²) in [5, 5.41) is 71.0. The Morgan fingerprint density at radius 2 is 0.659 bits per heavy atom. The monoisotopic (exact) mass is 2020 g/mol. The first-order valence-corrected chi connectivity index (χ1v) is 44.2. The van der Waals surface area contributed by atoms with Crippen LogP contribution in [0.5, 0.6) is 0 Å². The molecule has 33 nitrogen and oxygen atoms in total. The van der Waals surface area contributed by atoms with E-state index in [1.165, 1.54) is 72.5 Å². The summed E-state index contributed by atoms with van der Waals surface area (Å²) in [6, 6.07) is 22.2. The molecule has 36 heteroatoms. The van der Waals surface area contributed by atoms with Crippen molar-refractivity contribution >= 4 is 126 Å². The Hall–Kier alpha value is -8.77. The van der Waals surface area contributed by atoms with Crippen LogP contribution in [0.15, 0.2) is 92.3 Å². The van der Waals surface area contributed by atoms with Crippen molar-refractivity contribution in [2.45, 2.75) is 237 Å². The van der Waals surface area contributed by atoms with E-state index in [4.69, 9.17) is 77.4 Å². The second kappa shape index (κ2) is 58.2.